The molecule has 2 heterocycles. The van der Waals surface area contributed by atoms with Gasteiger partial charge in [0.25, 0.3) is 0 Å². The maximum absolute atomic E-state index is 4.42. The fourth-order valence-corrected chi connectivity index (χ4v) is 2.46. The molecule has 1 saturated heterocycles. The molecule has 0 aromatic carbocycles. The Balaban J connectivity index is 2.09. The van der Waals surface area contributed by atoms with Crippen molar-refractivity contribution in [1.29, 1.82) is 0 Å². The fourth-order valence-electron chi connectivity index (χ4n) is 2.46. The number of hydrogen-bond donors (Lipinski definition) is 1. The Hall–Kier alpha value is -1.36. The molecular formula is C14H25N5. The summed E-state index contributed by atoms with van der Waals surface area (Å²) in [5.41, 5.74) is 0. The molecule has 0 bridgehead atoms. The van der Waals surface area contributed by atoms with Gasteiger partial charge in [-0.15, -0.1) is 0 Å². The number of nitrogens with zero attached hydrogens (tertiary/aromatic N) is 4. The summed E-state index contributed by atoms with van der Waals surface area (Å²) in [6, 6.07) is 3.15. The lowest BCUT2D eigenvalue weighted by atomic mass is 10.1. The smallest absolute Gasteiger partial charge is 0.134 e. The molecule has 2 atom stereocenters. The van der Waals surface area contributed by atoms with Crippen molar-refractivity contribution in [3.05, 3.63) is 12.4 Å². The molecule has 1 N–H and O–H groups in total. The fraction of sp³-hybridized carbons (Fsp3) is 0.714. The first kappa shape index (κ1) is 14.1. The highest BCUT2D eigenvalue weighted by Gasteiger charge is 2.27. The number of anilines is 2. The number of hydrogen-bond acceptors (Lipinski definition) is 5. The lowest BCUT2D eigenvalue weighted by molar-refractivity contribution is 0.169. The van der Waals surface area contributed by atoms with E-state index in [1.54, 1.807) is 6.33 Å². The summed E-state index contributed by atoms with van der Waals surface area (Å²) in [6.45, 7) is 9.67. The Morgan fingerprint density at radius 2 is 1.95 bits per heavy atom. The molecule has 1 aliphatic rings. The van der Waals surface area contributed by atoms with Crippen molar-refractivity contribution in [3.63, 3.8) is 0 Å². The van der Waals surface area contributed by atoms with E-state index in [0.717, 1.165) is 37.7 Å². The number of piperazine rings is 1. The van der Waals surface area contributed by atoms with Gasteiger partial charge in [0.15, 0.2) is 0 Å². The highest BCUT2D eigenvalue weighted by Crippen LogP contribution is 2.20. The molecule has 1 aromatic rings. The SMILES string of the molecule is CCCNc1cc(N2CC(C)N(C)C(C)C2)ncn1. The predicted molar refractivity (Wildman–Crippen MR) is 79.7 cm³/mol. The molecule has 2 unspecified atom stereocenters. The van der Waals surface area contributed by atoms with E-state index in [4.69, 9.17) is 0 Å². The molecule has 0 aliphatic carbocycles. The van der Waals surface area contributed by atoms with Gasteiger partial charge >= 0.3 is 0 Å². The maximum Gasteiger partial charge on any atom is 0.134 e. The van der Waals surface area contributed by atoms with Gasteiger partial charge in [0.2, 0.25) is 0 Å². The second kappa shape index (κ2) is 6.19. The van der Waals surface area contributed by atoms with Crippen molar-refractivity contribution in [1.82, 2.24) is 14.9 Å². The minimum Gasteiger partial charge on any atom is -0.370 e. The summed E-state index contributed by atoms with van der Waals surface area (Å²) in [5, 5.41) is 3.32. The molecule has 1 fully saturated rings. The third-order valence-corrected chi connectivity index (χ3v) is 3.89. The first-order valence-electron chi connectivity index (χ1n) is 7.14. The first-order valence-corrected chi connectivity index (χ1v) is 7.14. The second-order valence-electron chi connectivity index (χ2n) is 5.46. The standard InChI is InChI=1S/C14H25N5/c1-5-6-15-13-7-14(17-10-16-13)19-8-11(2)18(4)12(3)9-19/h7,10-12H,5-6,8-9H2,1-4H3,(H,15,16,17). The van der Waals surface area contributed by atoms with Crippen LogP contribution < -0.4 is 10.2 Å². The maximum atomic E-state index is 4.42. The largest absolute Gasteiger partial charge is 0.370 e. The summed E-state index contributed by atoms with van der Waals surface area (Å²) in [7, 11) is 2.20. The summed E-state index contributed by atoms with van der Waals surface area (Å²) in [4.78, 5) is 13.5. The number of nitrogens with one attached hydrogen (secondary N) is 1. The van der Waals surface area contributed by atoms with Crippen LogP contribution in [0, 0.1) is 0 Å². The summed E-state index contributed by atoms with van der Waals surface area (Å²) >= 11 is 0. The van der Waals surface area contributed by atoms with Gasteiger partial charge < -0.3 is 10.2 Å². The molecule has 1 aliphatic heterocycles. The van der Waals surface area contributed by atoms with Gasteiger partial charge in [0.05, 0.1) is 0 Å². The van der Waals surface area contributed by atoms with Crippen molar-refractivity contribution in [2.45, 2.75) is 39.3 Å². The van der Waals surface area contributed by atoms with Crippen LogP contribution in [-0.2, 0) is 0 Å². The van der Waals surface area contributed by atoms with E-state index >= 15 is 0 Å². The number of rotatable bonds is 4. The van der Waals surface area contributed by atoms with Gasteiger partial charge in [-0.25, -0.2) is 9.97 Å². The molecule has 0 radical (unpaired) electrons. The Morgan fingerprint density at radius 3 is 2.58 bits per heavy atom. The predicted octanol–water partition coefficient (Wildman–Crippen LogP) is 1.83. The third kappa shape index (κ3) is 3.35. The Kier molecular flexibility index (Phi) is 4.58. The molecular weight excluding hydrogens is 238 g/mol. The van der Waals surface area contributed by atoms with Gasteiger partial charge in [-0.3, -0.25) is 4.90 Å². The van der Waals surface area contributed by atoms with E-state index in [1.807, 2.05) is 0 Å². The minimum atomic E-state index is 0.547. The third-order valence-electron chi connectivity index (χ3n) is 3.89. The van der Waals surface area contributed by atoms with E-state index in [1.165, 1.54) is 0 Å². The van der Waals surface area contributed by atoms with Gasteiger partial charge in [0, 0.05) is 37.8 Å². The van der Waals surface area contributed by atoms with Crippen LogP contribution in [0.15, 0.2) is 12.4 Å². The van der Waals surface area contributed by atoms with Crippen LogP contribution in [0.3, 0.4) is 0 Å². The highest BCUT2D eigenvalue weighted by atomic mass is 15.3. The summed E-state index contributed by atoms with van der Waals surface area (Å²) in [5.74, 6) is 1.95. The van der Waals surface area contributed by atoms with E-state index in [0.29, 0.717) is 12.1 Å². The minimum absolute atomic E-state index is 0.547. The zero-order valence-corrected chi connectivity index (χ0v) is 12.4. The average molecular weight is 263 g/mol. The Bertz CT molecular complexity index is 397. The van der Waals surface area contributed by atoms with Crippen molar-refractivity contribution in [2.75, 3.05) is 36.9 Å². The van der Waals surface area contributed by atoms with Crippen molar-refractivity contribution < 1.29 is 0 Å². The van der Waals surface area contributed by atoms with Crippen molar-refractivity contribution >= 4 is 11.6 Å². The first-order chi connectivity index (χ1) is 9.11. The number of aromatic nitrogens is 2. The van der Waals surface area contributed by atoms with Gasteiger partial charge in [-0.05, 0) is 27.3 Å². The molecule has 106 valence electrons. The van der Waals surface area contributed by atoms with E-state index in [9.17, 15) is 0 Å². The molecule has 2 rings (SSSR count). The average Bonchev–Trinajstić information content (AvgIpc) is 2.42. The monoisotopic (exact) mass is 263 g/mol. The Labute approximate surface area is 116 Å². The van der Waals surface area contributed by atoms with Crippen LogP contribution in [0.5, 0.6) is 0 Å². The van der Waals surface area contributed by atoms with Crippen LogP contribution in [0.4, 0.5) is 11.6 Å². The van der Waals surface area contributed by atoms with Crippen molar-refractivity contribution in [3.8, 4) is 0 Å². The zero-order chi connectivity index (χ0) is 13.8. The van der Waals surface area contributed by atoms with E-state index in [-0.39, 0.29) is 0 Å². The molecule has 5 heteroatoms. The normalized spacial score (nSPS) is 24.5. The van der Waals surface area contributed by atoms with Crippen LogP contribution >= 0.6 is 0 Å². The quantitative estimate of drug-likeness (QED) is 0.898. The zero-order valence-electron chi connectivity index (χ0n) is 12.4. The van der Waals surface area contributed by atoms with Crippen LogP contribution in [-0.4, -0.2) is 53.6 Å². The molecule has 5 nitrogen and oxygen atoms in total. The Morgan fingerprint density at radius 1 is 1.26 bits per heavy atom. The molecule has 0 spiro atoms. The second-order valence-corrected chi connectivity index (χ2v) is 5.46. The molecule has 1 aromatic heterocycles. The van der Waals surface area contributed by atoms with Gasteiger partial charge in [-0.1, -0.05) is 6.92 Å². The summed E-state index contributed by atoms with van der Waals surface area (Å²) in [6.07, 6.45) is 2.75. The van der Waals surface area contributed by atoms with Crippen LogP contribution in [0.2, 0.25) is 0 Å². The van der Waals surface area contributed by atoms with Crippen molar-refractivity contribution in [2.24, 2.45) is 0 Å². The van der Waals surface area contributed by atoms with Gasteiger partial charge in [-0.2, -0.15) is 0 Å². The van der Waals surface area contributed by atoms with E-state index in [2.05, 4.69) is 59.0 Å². The number of likely N-dealkylation sites (N-methyl/N-ethyl adjacent to an activating group) is 1. The van der Waals surface area contributed by atoms with Crippen LogP contribution in [0.1, 0.15) is 27.2 Å². The highest BCUT2D eigenvalue weighted by molar-refractivity contribution is 5.49. The van der Waals surface area contributed by atoms with Gasteiger partial charge in [0.1, 0.15) is 18.0 Å². The lowest BCUT2D eigenvalue weighted by Crippen LogP contribution is -2.55. The van der Waals surface area contributed by atoms with Crippen LogP contribution in [0.25, 0.3) is 0 Å². The lowest BCUT2D eigenvalue weighted by Gasteiger charge is -2.42. The summed E-state index contributed by atoms with van der Waals surface area (Å²) < 4.78 is 0. The molecule has 19 heavy (non-hydrogen) atoms. The topological polar surface area (TPSA) is 44.3 Å². The molecule has 0 saturated carbocycles. The molecule has 0 amide bonds. The van der Waals surface area contributed by atoms with E-state index < -0.39 is 0 Å².